The third-order valence-corrected chi connectivity index (χ3v) is 5.09. The molecule has 31 heavy (non-hydrogen) atoms. The number of rotatable bonds is 6. The van der Waals surface area contributed by atoms with Crippen molar-refractivity contribution >= 4 is 23.5 Å². The molecule has 0 bridgehead atoms. The average Bonchev–Trinajstić information content (AvgIpc) is 3.52. The van der Waals surface area contributed by atoms with E-state index in [9.17, 15) is 14.4 Å². The monoisotopic (exact) mass is 418 g/mol. The van der Waals surface area contributed by atoms with Gasteiger partial charge in [-0.25, -0.2) is 4.79 Å². The zero-order valence-electron chi connectivity index (χ0n) is 16.8. The first-order valence-corrected chi connectivity index (χ1v) is 10.1. The van der Waals surface area contributed by atoms with Crippen LogP contribution in [0.5, 0.6) is 0 Å². The number of esters is 1. The lowest BCUT2D eigenvalue weighted by Crippen LogP contribution is -2.34. The van der Waals surface area contributed by atoms with Crippen LogP contribution >= 0.6 is 0 Å². The average molecular weight is 418 g/mol. The summed E-state index contributed by atoms with van der Waals surface area (Å²) in [6.07, 6.45) is 2.32. The van der Waals surface area contributed by atoms with Gasteiger partial charge in [0.25, 0.3) is 11.8 Å². The quantitative estimate of drug-likeness (QED) is 0.610. The van der Waals surface area contributed by atoms with E-state index in [2.05, 4.69) is 5.32 Å². The molecular formula is C24H22N2O5. The van der Waals surface area contributed by atoms with Gasteiger partial charge in [0.1, 0.15) is 0 Å². The molecule has 1 saturated heterocycles. The van der Waals surface area contributed by atoms with Gasteiger partial charge >= 0.3 is 5.97 Å². The van der Waals surface area contributed by atoms with Crippen LogP contribution in [0.2, 0.25) is 0 Å². The van der Waals surface area contributed by atoms with E-state index in [1.54, 1.807) is 53.4 Å². The first-order chi connectivity index (χ1) is 15.1. The molecule has 158 valence electrons. The molecule has 4 rings (SSSR count). The molecule has 0 saturated carbocycles. The highest BCUT2D eigenvalue weighted by atomic mass is 16.5. The van der Waals surface area contributed by atoms with Crippen LogP contribution in [0.4, 0.5) is 5.69 Å². The minimum atomic E-state index is -0.995. The summed E-state index contributed by atoms with van der Waals surface area (Å²) in [6, 6.07) is 18.5. The van der Waals surface area contributed by atoms with Gasteiger partial charge in [-0.1, -0.05) is 30.3 Å². The van der Waals surface area contributed by atoms with Gasteiger partial charge in [-0.2, -0.15) is 0 Å². The van der Waals surface area contributed by atoms with Gasteiger partial charge in [0.15, 0.2) is 5.76 Å². The van der Waals surface area contributed by atoms with E-state index in [4.69, 9.17) is 9.15 Å². The topological polar surface area (TPSA) is 88.9 Å². The van der Waals surface area contributed by atoms with Crippen LogP contribution in [-0.2, 0) is 9.53 Å². The number of hydrogen-bond donors (Lipinski definition) is 1. The largest absolute Gasteiger partial charge is 0.459 e. The Bertz CT molecular complexity index is 1040. The molecular weight excluding hydrogens is 396 g/mol. The predicted octanol–water partition coefficient (Wildman–Crippen LogP) is 4.05. The molecule has 0 unspecified atom stereocenters. The number of benzene rings is 2. The Kier molecular flexibility index (Phi) is 6.12. The summed E-state index contributed by atoms with van der Waals surface area (Å²) >= 11 is 0. The smallest absolute Gasteiger partial charge is 0.339 e. The van der Waals surface area contributed by atoms with Crippen molar-refractivity contribution in [1.82, 2.24) is 4.90 Å². The van der Waals surface area contributed by atoms with Gasteiger partial charge < -0.3 is 19.4 Å². The molecule has 0 radical (unpaired) electrons. The Morgan fingerprint density at radius 2 is 1.61 bits per heavy atom. The van der Waals surface area contributed by atoms with E-state index < -0.39 is 12.1 Å². The van der Waals surface area contributed by atoms with E-state index in [0.29, 0.717) is 24.3 Å². The Morgan fingerprint density at radius 1 is 0.903 bits per heavy atom. The first-order valence-electron chi connectivity index (χ1n) is 10.1. The van der Waals surface area contributed by atoms with E-state index >= 15 is 0 Å². The van der Waals surface area contributed by atoms with E-state index in [1.807, 2.05) is 18.2 Å². The number of nitrogens with zero attached hydrogens (tertiary/aromatic N) is 1. The second-order valence-electron chi connectivity index (χ2n) is 7.24. The van der Waals surface area contributed by atoms with Crippen molar-refractivity contribution in [2.75, 3.05) is 18.4 Å². The Hall–Kier alpha value is -3.87. The van der Waals surface area contributed by atoms with Gasteiger partial charge in [-0.3, -0.25) is 9.59 Å². The Balaban J connectivity index is 1.46. The number of hydrogen-bond acceptors (Lipinski definition) is 5. The molecule has 2 amide bonds. The molecule has 7 nitrogen and oxygen atoms in total. The lowest BCUT2D eigenvalue weighted by molar-refractivity contribution is -0.140. The number of nitrogens with one attached hydrogen (secondary N) is 1. The van der Waals surface area contributed by atoms with Crippen LogP contribution in [0.15, 0.2) is 77.4 Å². The van der Waals surface area contributed by atoms with Crippen LogP contribution < -0.4 is 5.32 Å². The Labute approximate surface area is 179 Å². The van der Waals surface area contributed by atoms with Gasteiger partial charge in [0.05, 0.1) is 11.8 Å². The number of anilines is 1. The summed E-state index contributed by atoms with van der Waals surface area (Å²) in [7, 11) is 0. The number of carbonyl (C=O) groups is 3. The van der Waals surface area contributed by atoms with E-state index in [-0.39, 0.29) is 23.1 Å². The van der Waals surface area contributed by atoms with Crippen molar-refractivity contribution in [2.24, 2.45) is 0 Å². The SMILES string of the molecule is O=C(O[C@H](C(=O)N1CCCC1)c1ccccc1)c1ccc(NC(=O)c2ccco2)cc1. The fourth-order valence-corrected chi connectivity index (χ4v) is 3.46. The molecule has 0 spiro atoms. The minimum absolute atomic E-state index is 0.189. The lowest BCUT2D eigenvalue weighted by Gasteiger charge is -2.23. The van der Waals surface area contributed by atoms with Crippen LogP contribution in [0.3, 0.4) is 0 Å². The summed E-state index contributed by atoms with van der Waals surface area (Å²) in [5, 5.41) is 2.69. The predicted molar refractivity (Wildman–Crippen MR) is 114 cm³/mol. The van der Waals surface area contributed by atoms with Gasteiger partial charge in [0, 0.05) is 24.3 Å². The number of ether oxygens (including phenoxy) is 1. The number of likely N-dealkylation sites (tertiary alicyclic amines) is 1. The second kappa shape index (κ2) is 9.30. The normalized spacial score (nSPS) is 14.1. The molecule has 3 aromatic rings. The third-order valence-electron chi connectivity index (χ3n) is 5.09. The molecule has 1 fully saturated rings. The third kappa shape index (κ3) is 4.83. The zero-order chi connectivity index (χ0) is 21.6. The summed E-state index contributed by atoms with van der Waals surface area (Å²) < 4.78 is 10.7. The molecule has 1 aromatic heterocycles. The number of furan rings is 1. The zero-order valence-corrected chi connectivity index (χ0v) is 16.8. The molecule has 1 N–H and O–H groups in total. The van der Waals surface area contributed by atoms with Crippen molar-refractivity contribution in [2.45, 2.75) is 18.9 Å². The maximum absolute atomic E-state index is 13.0. The van der Waals surface area contributed by atoms with Crippen molar-refractivity contribution < 1.29 is 23.5 Å². The summed E-state index contributed by atoms with van der Waals surface area (Å²) in [4.78, 5) is 39.6. The summed E-state index contributed by atoms with van der Waals surface area (Å²) in [5.41, 5.74) is 1.42. The molecule has 7 heteroatoms. The number of carbonyl (C=O) groups excluding carboxylic acids is 3. The molecule has 1 atom stereocenters. The standard InChI is InChI=1S/C24H22N2O5/c27-22(20-9-6-16-30-20)25-19-12-10-18(11-13-19)24(29)31-21(17-7-2-1-3-8-17)23(28)26-14-4-5-15-26/h1-3,6-13,16,21H,4-5,14-15H2,(H,25,27)/t21-/m0/s1. The highest BCUT2D eigenvalue weighted by Crippen LogP contribution is 2.24. The summed E-state index contributed by atoms with van der Waals surface area (Å²) in [5.74, 6) is -1.01. The van der Waals surface area contributed by atoms with Crippen molar-refractivity contribution in [1.29, 1.82) is 0 Å². The van der Waals surface area contributed by atoms with Crippen molar-refractivity contribution in [3.05, 3.63) is 89.9 Å². The summed E-state index contributed by atoms with van der Waals surface area (Å²) in [6.45, 7) is 1.34. The molecule has 2 aromatic carbocycles. The minimum Gasteiger partial charge on any atom is -0.459 e. The lowest BCUT2D eigenvalue weighted by atomic mass is 10.1. The highest BCUT2D eigenvalue weighted by Gasteiger charge is 2.31. The second-order valence-corrected chi connectivity index (χ2v) is 7.24. The van der Waals surface area contributed by atoms with E-state index in [1.165, 1.54) is 6.26 Å². The van der Waals surface area contributed by atoms with Crippen LogP contribution in [-0.4, -0.2) is 35.8 Å². The van der Waals surface area contributed by atoms with Gasteiger partial charge in [-0.05, 0) is 49.2 Å². The maximum Gasteiger partial charge on any atom is 0.339 e. The molecule has 0 aliphatic carbocycles. The molecule has 1 aliphatic rings. The highest BCUT2D eigenvalue weighted by molar-refractivity contribution is 6.02. The van der Waals surface area contributed by atoms with Gasteiger partial charge in [-0.15, -0.1) is 0 Å². The van der Waals surface area contributed by atoms with Gasteiger partial charge in [0.2, 0.25) is 6.10 Å². The number of amides is 2. The fourth-order valence-electron chi connectivity index (χ4n) is 3.46. The van der Waals surface area contributed by atoms with Crippen LogP contribution in [0.25, 0.3) is 0 Å². The maximum atomic E-state index is 13.0. The van der Waals surface area contributed by atoms with Crippen molar-refractivity contribution in [3.8, 4) is 0 Å². The first kappa shape index (κ1) is 20.4. The van der Waals surface area contributed by atoms with Crippen molar-refractivity contribution in [3.63, 3.8) is 0 Å². The molecule has 2 heterocycles. The van der Waals surface area contributed by atoms with E-state index in [0.717, 1.165) is 12.8 Å². The fraction of sp³-hybridized carbons (Fsp3) is 0.208. The molecule has 1 aliphatic heterocycles. The van der Waals surface area contributed by atoms with Crippen LogP contribution in [0.1, 0.15) is 45.4 Å². The van der Waals surface area contributed by atoms with Crippen LogP contribution in [0, 0.1) is 0 Å². The Morgan fingerprint density at radius 3 is 2.26 bits per heavy atom.